The van der Waals surface area contributed by atoms with Crippen molar-refractivity contribution in [1.82, 2.24) is 10.2 Å². The number of para-hydroxylation sites is 2. The Kier molecular flexibility index (Phi) is 7.12. The molecule has 168 valence electrons. The Labute approximate surface area is 196 Å². The van der Waals surface area contributed by atoms with Crippen molar-refractivity contribution in [3.8, 4) is 11.5 Å². The molecule has 7 nitrogen and oxygen atoms in total. The van der Waals surface area contributed by atoms with Crippen LogP contribution in [0.3, 0.4) is 0 Å². The zero-order valence-corrected chi connectivity index (χ0v) is 19.6. The van der Waals surface area contributed by atoms with Crippen LogP contribution >= 0.6 is 15.9 Å². The molecule has 0 radical (unpaired) electrons. The summed E-state index contributed by atoms with van der Waals surface area (Å²) in [6.07, 6.45) is 4.10. The van der Waals surface area contributed by atoms with Gasteiger partial charge in [-0.2, -0.15) is 0 Å². The van der Waals surface area contributed by atoms with Crippen molar-refractivity contribution in [3.05, 3.63) is 58.3 Å². The molecular formula is C24H26BrN3O4. The van der Waals surface area contributed by atoms with E-state index in [1.165, 1.54) is 17.7 Å². The molecule has 2 amide bonds. The molecular weight excluding hydrogens is 474 g/mol. The molecule has 1 fully saturated rings. The van der Waals surface area contributed by atoms with Gasteiger partial charge in [-0.05, 0) is 77.8 Å². The Morgan fingerprint density at radius 1 is 1.22 bits per heavy atom. The number of carbonyl (C=O) groups excluding carboxylic acids is 2. The highest BCUT2D eigenvalue weighted by atomic mass is 79.9. The number of ether oxygens (including phenoxy) is 2. The second-order valence-electron chi connectivity index (χ2n) is 7.76. The lowest BCUT2D eigenvalue weighted by molar-refractivity contribution is -0.123. The van der Waals surface area contributed by atoms with Crippen LogP contribution in [-0.4, -0.2) is 56.5 Å². The summed E-state index contributed by atoms with van der Waals surface area (Å²) < 4.78 is 11.9. The minimum absolute atomic E-state index is 0.0666. The SMILES string of the molecule is COc1ccc(C=C2Oc3ccccc3N(CC(=O)NCCN3CCCC3)C2=O)cc1Br. The summed E-state index contributed by atoms with van der Waals surface area (Å²) in [4.78, 5) is 29.6. The van der Waals surface area contributed by atoms with E-state index in [1.807, 2.05) is 30.3 Å². The molecule has 0 aromatic heterocycles. The number of methoxy groups -OCH3 is 1. The van der Waals surface area contributed by atoms with Crippen molar-refractivity contribution in [2.75, 3.05) is 44.7 Å². The minimum Gasteiger partial charge on any atom is -0.496 e. The Balaban J connectivity index is 1.50. The topological polar surface area (TPSA) is 71.1 Å². The van der Waals surface area contributed by atoms with Crippen LogP contribution in [0.5, 0.6) is 11.5 Å². The number of nitrogens with zero attached hydrogens (tertiary/aromatic N) is 2. The lowest BCUT2D eigenvalue weighted by Gasteiger charge is -2.30. The zero-order chi connectivity index (χ0) is 22.5. The van der Waals surface area contributed by atoms with Gasteiger partial charge in [0.2, 0.25) is 5.91 Å². The van der Waals surface area contributed by atoms with Crippen molar-refractivity contribution in [2.45, 2.75) is 12.8 Å². The molecule has 2 heterocycles. The number of hydrogen-bond acceptors (Lipinski definition) is 5. The molecule has 0 unspecified atom stereocenters. The van der Waals surface area contributed by atoms with E-state index in [4.69, 9.17) is 9.47 Å². The van der Waals surface area contributed by atoms with E-state index in [2.05, 4.69) is 26.1 Å². The maximum atomic E-state index is 13.2. The van der Waals surface area contributed by atoms with Crippen molar-refractivity contribution >= 4 is 39.5 Å². The molecule has 0 bridgehead atoms. The molecule has 2 aromatic carbocycles. The van der Waals surface area contributed by atoms with E-state index in [9.17, 15) is 9.59 Å². The van der Waals surface area contributed by atoms with Gasteiger partial charge in [0.15, 0.2) is 11.5 Å². The molecule has 0 aliphatic carbocycles. The molecule has 1 N–H and O–H groups in total. The average molecular weight is 500 g/mol. The van der Waals surface area contributed by atoms with Gasteiger partial charge in [0.1, 0.15) is 12.3 Å². The van der Waals surface area contributed by atoms with Gasteiger partial charge in [0.25, 0.3) is 5.91 Å². The first-order chi connectivity index (χ1) is 15.5. The van der Waals surface area contributed by atoms with Gasteiger partial charge in [-0.3, -0.25) is 14.5 Å². The van der Waals surface area contributed by atoms with Crippen LogP contribution in [0.2, 0.25) is 0 Å². The summed E-state index contributed by atoms with van der Waals surface area (Å²) in [5, 5.41) is 2.94. The van der Waals surface area contributed by atoms with Gasteiger partial charge in [-0.15, -0.1) is 0 Å². The Bertz CT molecular complexity index is 1030. The Morgan fingerprint density at radius 3 is 2.75 bits per heavy atom. The predicted octanol–water partition coefficient (Wildman–Crippen LogP) is 3.44. The lowest BCUT2D eigenvalue weighted by atomic mass is 10.1. The fraction of sp³-hybridized carbons (Fsp3) is 0.333. The summed E-state index contributed by atoms with van der Waals surface area (Å²) in [5.74, 6) is 0.841. The quantitative estimate of drug-likeness (QED) is 0.590. The first-order valence-electron chi connectivity index (χ1n) is 10.7. The fourth-order valence-electron chi connectivity index (χ4n) is 3.90. The summed E-state index contributed by atoms with van der Waals surface area (Å²) in [6, 6.07) is 12.7. The van der Waals surface area contributed by atoms with Gasteiger partial charge in [-0.25, -0.2) is 0 Å². The summed E-state index contributed by atoms with van der Waals surface area (Å²) in [5.41, 5.74) is 1.36. The lowest BCUT2D eigenvalue weighted by Crippen LogP contribution is -2.45. The normalized spacial score (nSPS) is 17.2. The van der Waals surface area contributed by atoms with Crippen molar-refractivity contribution < 1.29 is 19.1 Å². The summed E-state index contributed by atoms with van der Waals surface area (Å²) in [6.45, 7) is 3.50. The van der Waals surface area contributed by atoms with E-state index in [-0.39, 0.29) is 24.1 Å². The number of amides is 2. The first kappa shape index (κ1) is 22.4. The number of benzene rings is 2. The van der Waals surface area contributed by atoms with Gasteiger partial charge in [-0.1, -0.05) is 18.2 Å². The van der Waals surface area contributed by atoms with Crippen LogP contribution in [0.25, 0.3) is 6.08 Å². The smallest absolute Gasteiger partial charge is 0.294 e. The Hall–Kier alpha value is -2.84. The third kappa shape index (κ3) is 5.14. The number of nitrogens with one attached hydrogen (secondary N) is 1. The van der Waals surface area contributed by atoms with Crippen LogP contribution in [0.4, 0.5) is 5.69 Å². The molecule has 8 heteroatoms. The first-order valence-corrected chi connectivity index (χ1v) is 11.5. The third-order valence-corrected chi connectivity index (χ3v) is 6.18. The van der Waals surface area contributed by atoms with E-state index in [0.717, 1.165) is 29.7 Å². The van der Waals surface area contributed by atoms with Gasteiger partial charge < -0.3 is 19.7 Å². The third-order valence-electron chi connectivity index (χ3n) is 5.56. The van der Waals surface area contributed by atoms with Gasteiger partial charge in [0.05, 0.1) is 17.3 Å². The number of fused-ring (bicyclic) bond motifs is 1. The molecule has 2 aromatic rings. The van der Waals surface area contributed by atoms with Gasteiger partial charge >= 0.3 is 0 Å². The van der Waals surface area contributed by atoms with Crippen molar-refractivity contribution in [3.63, 3.8) is 0 Å². The monoisotopic (exact) mass is 499 g/mol. The largest absolute Gasteiger partial charge is 0.496 e. The van der Waals surface area contributed by atoms with Crippen LogP contribution in [0, 0.1) is 0 Å². The highest BCUT2D eigenvalue weighted by Gasteiger charge is 2.31. The molecule has 0 atom stereocenters. The van der Waals surface area contributed by atoms with E-state index >= 15 is 0 Å². The molecule has 4 rings (SSSR count). The molecule has 2 aliphatic rings. The second kappa shape index (κ2) is 10.2. The molecule has 2 aliphatic heterocycles. The van der Waals surface area contributed by atoms with Crippen LogP contribution in [0.15, 0.2) is 52.7 Å². The Morgan fingerprint density at radius 2 is 2.00 bits per heavy atom. The van der Waals surface area contributed by atoms with Crippen LogP contribution in [-0.2, 0) is 9.59 Å². The minimum atomic E-state index is -0.356. The predicted molar refractivity (Wildman–Crippen MR) is 127 cm³/mol. The fourth-order valence-corrected chi connectivity index (χ4v) is 4.46. The second-order valence-corrected chi connectivity index (χ2v) is 8.62. The summed E-state index contributed by atoms with van der Waals surface area (Å²) >= 11 is 3.46. The molecule has 32 heavy (non-hydrogen) atoms. The maximum Gasteiger partial charge on any atom is 0.294 e. The highest BCUT2D eigenvalue weighted by molar-refractivity contribution is 9.10. The molecule has 0 saturated carbocycles. The number of halogens is 1. The average Bonchev–Trinajstić information content (AvgIpc) is 3.30. The maximum absolute atomic E-state index is 13.2. The van der Waals surface area contributed by atoms with Gasteiger partial charge in [0, 0.05) is 13.1 Å². The number of anilines is 1. The van der Waals surface area contributed by atoms with Crippen molar-refractivity contribution in [1.29, 1.82) is 0 Å². The number of carbonyl (C=O) groups is 2. The number of hydrogen-bond donors (Lipinski definition) is 1. The van der Waals surface area contributed by atoms with Crippen LogP contribution < -0.4 is 19.7 Å². The van der Waals surface area contributed by atoms with E-state index in [0.29, 0.717) is 23.7 Å². The highest BCUT2D eigenvalue weighted by Crippen LogP contribution is 2.36. The zero-order valence-electron chi connectivity index (χ0n) is 18.0. The number of likely N-dealkylation sites (tertiary alicyclic amines) is 1. The van der Waals surface area contributed by atoms with E-state index < -0.39 is 0 Å². The summed E-state index contributed by atoms with van der Waals surface area (Å²) in [7, 11) is 1.59. The van der Waals surface area contributed by atoms with E-state index in [1.54, 1.807) is 25.3 Å². The molecule has 0 spiro atoms. The molecule has 1 saturated heterocycles. The standard InChI is InChI=1S/C24H26BrN3O4/c1-31-20-9-8-17(14-18(20)25)15-22-24(30)28(19-6-2-3-7-21(19)32-22)16-23(29)26-10-13-27-11-4-5-12-27/h2-3,6-9,14-15H,4-5,10-13,16H2,1H3,(H,26,29). The van der Waals surface area contributed by atoms with Crippen molar-refractivity contribution in [2.24, 2.45) is 0 Å². The van der Waals surface area contributed by atoms with Crippen LogP contribution in [0.1, 0.15) is 18.4 Å². The number of rotatable bonds is 7.